The summed E-state index contributed by atoms with van der Waals surface area (Å²) in [5, 5.41) is 4.61. The van der Waals surface area contributed by atoms with E-state index < -0.39 is 0 Å². The lowest BCUT2D eigenvalue weighted by molar-refractivity contribution is 0.684. The van der Waals surface area contributed by atoms with Crippen LogP contribution in [-0.2, 0) is 13.0 Å². The molecule has 0 saturated carbocycles. The fourth-order valence-electron chi connectivity index (χ4n) is 2.32. The fraction of sp³-hybridized carbons (Fsp3) is 0.211. The molecule has 3 heteroatoms. The van der Waals surface area contributed by atoms with Crippen molar-refractivity contribution in [1.29, 1.82) is 0 Å². The Morgan fingerprint density at radius 2 is 1.77 bits per heavy atom. The number of aromatic nitrogens is 1. The van der Waals surface area contributed by atoms with Gasteiger partial charge in [0, 0.05) is 12.7 Å². The highest BCUT2D eigenvalue weighted by atomic mass is 32.1. The summed E-state index contributed by atoms with van der Waals surface area (Å²) in [5.41, 5.74) is 3.91. The lowest BCUT2D eigenvalue weighted by Gasteiger charge is -2.02. The van der Waals surface area contributed by atoms with Crippen molar-refractivity contribution in [3.63, 3.8) is 0 Å². The topological polar surface area (TPSA) is 24.9 Å². The van der Waals surface area contributed by atoms with Gasteiger partial charge in [0.25, 0.3) is 0 Å². The van der Waals surface area contributed by atoms with E-state index in [1.807, 2.05) is 6.20 Å². The molecule has 0 aliphatic heterocycles. The van der Waals surface area contributed by atoms with Crippen LogP contribution in [0.1, 0.15) is 16.1 Å². The first kappa shape index (κ1) is 14.9. The summed E-state index contributed by atoms with van der Waals surface area (Å²) < 4.78 is 0. The van der Waals surface area contributed by atoms with Gasteiger partial charge < -0.3 is 5.32 Å². The van der Waals surface area contributed by atoms with E-state index in [2.05, 4.69) is 71.8 Å². The van der Waals surface area contributed by atoms with Gasteiger partial charge in [0.05, 0.1) is 4.88 Å². The van der Waals surface area contributed by atoms with Crippen LogP contribution in [0.4, 0.5) is 0 Å². The number of aryl methyl sites for hydroxylation is 1. The highest BCUT2D eigenvalue weighted by molar-refractivity contribution is 7.15. The molecular formula is C19H20N2S. The number of nitrogens with zero attached hydrogens (tertiary/aromatic N) is 1. The summed E-state index contributed by atoms with van der Waals surface area (Å²) in [5.74, 6) is 0. The Morgan fingerprint density at radius 1 is 1.00 bits per heavy atom. The molecular weight excluding hydrogens is 288 g/mol. The quantitative estimate of drug-likeness (QED) is 0.680. The van der Waals surface area contributed by atoms with E-state index in [9.17, 15) is 0 Å². The van der Waals surface area contributed by atoms with Crippen molar-refractivity contribution < 1.29 is 0 Å². The van der Waals surface area contributed by atoms with Gasteiger partial charge in [-0.2, -0.15) is 0 Å². The van der Waals surface area contributed by atoms with Crippen LogP contribution >= 0.6 is 11.3 Å². The smallest absolute Gasteiger partial charge is 0.107 e. The number of hydrogen-bond donors (Lipinski definition) is 1. The summed E-state index contributed by atoms with van der Waals surface area (Å²) >= 11 is 1.76. The molecule has 1 aromatic heterocycles. The molecule has 0 saturated heterocycles. The molecule has 0 amide bonds. The maximum Gasteiger partial charge on any atom is 0.107 e. The molecule has 112 valence electrons. The SMILES string of the molecule is Cc1ccc(-c2cnc(CNCCc3ccccc3)s2)cc1. The average molecular weight is 308 g/mol. The molecule has 0 spiro atoms. The van der Waals surface area contributed by atoms with Gasteiger partial charge >= 0.3 is 0 Å². The molecule has 2 aromatic carbocycles. The minimum Gasteiger partial charge on any atom is -0.310 e. The van der Waals surface area contributed by atoms with E-state index in [4.69, 9.17) is 0 Å². The molecule has 0 aliphatic rings. The molecule has 3 aromatic rings. The van der Waals surface area contributed by atoms with Crippen molar-refractivity contribution in [3.05, 3.63) is 76.9 Å². The first-order valence-electron chi connectivity index (χ1n) is 7.57. The molecule has 22 heavy (non-hydrogen) atoms. The van der Waals surface area contributed by atoms with Gasteiger partial charge in [-0.3, -0.25) is 0 Å². The number of rotatable bonds is 6. The molecule has 0 bridgehead atoms. The van der Waals surface area contributed by atoms with Gasteiger partial charge in [-0.1, -0.05) is 60.2 Å². The predicted molar refractivity (Wildman–Crippen MR) is 94.1 cm³/mol. The van der Waals surface area contributed by atoms with Gasteiger partial charge in [-0.15, -0.1) is 11.3 Å². The second-order valence-corrected chi connectivity index (χ2v) is 6.51. The molecule has 3 rings (SSSR count). The van der Waals surface area contributed by atoms with Gasteiger partial charge in [0.2, 0.25) is 0 Å². The van der Waals surface area contributed by atoms with Crippen LogP contribution in [0.15, 0.2) is 60.8 Å². The third kappa shape index (κ3) is 4.03. The van der Waals surface area contributed by atoms with E-state index in [1.54, 1.807) is 11.3 Å². The van der Waals surface area contributed by atoms with Crippen molar-refractivity contribution in [3.8, 4) is 10.4 Å². The highest BCUT2D eigenvalue weighted by Crippen LogP contribution is 2.26. The minimum absolute atomic E-state index is 0.837. The minimum atomic E-state index is 0.837. The number of thiazole rings is 1. The molecule has 0 radical (unpaired) electrons. The van der Waals surface area contributed by atoms with Crippen molar-refractivity contribution in [2.75, 3.05) is 6.54 Å². The van der Waals surface area contributed by atoms with Crippen molar-refractivity contribution in [1.82, 2.24) is 10.3 Å². The van der Waals surface area contributed by atoms with Crippen LogP contribution in [0.5, 0.6) is 0 Å². The predicted octanol–water partition coefficient (Wildman–Crippen LogP) is 4.45. The maximum atomic E-state index is 4.52. The largest absolute Gasteiger partial charge is 0.310 e. The Hall–Kier alpha value is -1.97. The molecule has 1 heterocycles. The number of hydrogen-bond acceptors (Lipinski definition) is 3. The van der Waals surface area contributed by atoms with E-state index in [1.165, 1.54) is 21.6 Å². The van der Waals surface area contributed by atoms with E-state index in [0.717, 1.165) is 24.5 Å². The van der Waals surface area contributed by atoms with E-state index in [-0.39, 0.29) is 0 Å². The zero-order chi connectivity index (χ0) is 15.2. The first-order chi connectivity index (χ1) is 10.8. The van der Waals surface area contributed by atoms with Gasteiger partial charge in [-0.05, 0) is 31.0 Å². The molecule has 0 fully saturated rings. The molecule has 0 aliphatic carbocycles. The van der Waals surface area contributed by atoms with Crippen molar-refractivity contribution in [2.24, 2.45) is 0 Å². The summed E-state index contributed by atoms with van der Waals surface area (Å²) in [7, 11) is 0. The Kier molecular flexibility index (Phi) is 4.99. The fourth-order valence-corrected chi connectivity index (χ4v) is 3.21. The van der Waals surface area contributed by atoms with Crippen LogP contribution in [0.25, 0.3) is 10.4 Å². The number of benzene rings is 2. The summed E-state index contributed by atoms with van der Waals surface area (Å²) in [6.45, 7) is 3.92. The monoisotopic (exact) mass is 308 g/mol. The van der Waals surface area contributed by atoms with Crippen LogP contribution < -0.4 is 5.32 Å². The van der Waals surface area contributed by atoms with Gasteiger partial charge in [0.15, 0.2) is 0 Å². The lowest BCUT2D eigenvalue weighted by atomic mass is 10.1. The maximum absolute atomic E-state index is 4.52. The Labute approximate surface area is 135 Å². The molecule has 1 N–H and O–H groups in total. The van der Waals surface area contributed by atoms with Gasteiger partial charge in [-0.25, -0.2) is 4.98 Å². The summed E-state index contributed by atoms with van der Waals surface area (Å²) in [6.07, 6.45) is 3.03. The van der Waals surface area contributed by atoms with Crippen LogP contribution in [0, 0.1) is 6.92 Å². The number of nitrogens with one attached hydrogen (secondary N) is 1. The standard InChI is InChI=1S/C19H20N2S/c1-15-7-9-17(10-8-15)18-13-21-19(22-18)14-20-12-11-16-5-3-2-4-6-16/h2-10,13,20H,11-12,14H2,1H3. The molecule has 0 unspecified atom stereocenters. The zero-order valence-corrected chi connectivity index (χ0v) is 13.6. The third-order valence-corrected chi connectivity index (χ3v) is 4.65. The molecule has 2 nitrogen and oxygen atoms in total. The second kappa shape index (κ2) is 7.34. The lowest BCUT2D eigenvalue weighted by Crippen LogP contribution is -2.16. The Balaban J connectivity index is 1.50. The normalized spacial score (nSPS) is 10.8. The van der Waals surface area contributed by atoms with Crippen LogP contribution in [0.3, 0.4) is 0 Å². The van der Waals surface area contributed by atoms with Crippen molar-refractivity contribution in [2.45, 2.75) is 19.9 Å². The first-order valence-corrected chi connectivity index (χ1v) is 8.39. The zero-order valence-electron chi connectivity index (χ0n) is 12.8. The van der Waals surface area contributed by atoms with Crippen molar-refractivity contribution >= 4 is 11.3 Å². The van der Waals surface area contributed by atoms with Crippen LogP contribution in [-0.4, -0.2) is 11.5 Å². The Bertz CT molecular complexity index is 702. The van der Waals surface area contributed by atoms with Gasteiger partial charge in [0.1, 0.15) is 5.01 Å². The highest BCUT2D eigenvalue weighted by Gasteiger charge is 2.04. The third-order valence-electron chi connectivity index (χ3n) is 3.60. The summed E-state index contributed by atoms with van der Waals surface area (Å²) in [4.78, 5) is 5.75. The summed E-state index contributed by atoms with van der Waals surface area (Å²) in [6, 6.07) is 19.2. The Morgan fingerprint density at radius 3 is 2.55 bits per heavy atom. The van der Waals surface area contributed by atoms with E-state index in [0.29, 0.717) is 0 Å². The molecule has 0 atom stereocenters. The van der Waals surface area contributed by atoms with E-state index >= 15 is 0 Å². The average Bonchev–Trinajstić information content (AvgIpc) is 3.02. The second-order valence-electron chi connectivity index (χ2n) is 5.40. The van der Waals surface area contributed by atoms with Crippen LogP contribution in [0.2, 0.25) is 0 Å².